The van der Waals surface area contributed by atoms with Crippen LogP contribution in [0.2, 0.25) is 0 Å². The molecular formula is C21H27NO2. The SMILES string of the molecule is CCc1ccc(C(C)NC(=O)C(CC)Oc2cccc(C)c2)cc1. The zero-order valence-electron chi connectivity index (χ0n) is 15.0. The van der Waals surface area contributed by atoms with Gasteiger partial charge in [0.15, 0.2) is 6.10 Å². The number of benzene rings is 2. The molecule has 0 radical (unpaired) electrons. The van der Waals surface area contributed by atoms with Crippen molar-refractivity contribution in [2.24, 2.45) is 0 Å². The summed E-state index contributed by atoms with van der Waals surface area (Å²) in [6.45, 7) is 8.10. The highest BCUT2D eigenvalue weighted by atomic mass is 16.5. The van der Waals surface area contributed by atoms with Crippen molar-refractivity contribution in [2.75, 3.05) is 0 Å². The van der Waals surface area contributed by atoms with Gasteiger partial charge >= 0.3 is 0 Å². The van der Waals surface area contributed by atoms with Crippen LogP contribution in [0.15, 0.2) is 48.5 Å². The fraction of sp³-hybridized carbons (Fsp3) is 0.381. The van der Waals surface area contributed by atoms with Gasteiger partial charge in [-0.25, -0.2) is 0 Å². The highest BCUT2D eigenvalue weighted by Gasteiger charge is 2.20. The van der Waals surface area contributed by atoms with E-state index >= 15 is 0 Å². The Hall–Kier alpha value is -2.29. The molecule has 0 spiro atoms. The molecule has 0 aliphatic rings. The summed E-state index contributed by atoms with van der Waals surface area (Å²) in [7, 11) is 0. The fourth-order valence-corrected chi connectivity index (χ4v) is 2.61. The van der Waals surface area contributed by atoms with E-state index in [0.717, 1.165) is 23.3 Å². The van der Waals surface area contributed by atoms with Crippen LogP contribution in [0.4, 0.5) is 0 Å². The molecule has 2 aromatic rings. The molecule has 2 aromatic carbocycles. The Kier molecular flexibility index (Phi) is 6.42. The second-order valence-electron chi connectivity index (χ2n) is 6.16. The van der Waals surface area contributed by atoms with Gasteiger partial charge in [0.05, 0.1) is 6.04 Å². The Morgan fingerprint density at radius 1 is 1.12 bits per heavy atom. The molecule has 0 aliphatic carbocycles. The van der Waals surface area contributed by atoms with Crippen molar-refractivity contribution in [3.63, 3.8) is 0 Å². The molecule has 0 saturated heterocycles. The lowest BCUT2D eigenvalue weighted by atomic mass is 10.0. The standard InChI is InChI=1S/C21H27NO2/c1-5-17-10-12-18(13-11-17)16(4)22-21(23)20(6-2)24-19-9-7-8-15(3)14-19/h7-14,16,20H,5-6H2,1-4H3,(H,22,23). The number of ether oxygens (including phenoxy) is 1. The maximum atomic E-state index is 12.5. The minimum atomic E-state index is -0.482. The summed E-state index contributed by atoms with van der Waals surface area (Å²) in [6, 6.07) is 16.1. The predicted octanol–water partition coefficient (Wildman–Crippen LogP) is 4.59. The number of rotatable bonds is 7. The van der Waals surface area contributed by atoms with Crippen LogP contribution in [-0.2, 0) is 11.2 Å². The van der Waals surface area contributed by atoms with E-state index in [9.17, 15) is 4.79 Å². The first-order chi connectivity index (χ1) is 11.5. The first kappa shape index (κ1) is 18.1. The van der Waals surface area contributed by atoms with Crippen molar-refractivity contribution in [2.45, 2.75) is 52.7 Å². The molecule has 2 rings (SSSR count). The van der Waals surface area contributed by atoms with Gasteiger partial charge in [0.2, 0.25) is 0 Å². The van der Waals surface area contributed by atoms with Gasteiger partial charge in [-0.3, -0.25) is 4.79 Å². The van der Waals surface area contributed by atoms with Crippen molar-refractivity contribution < 1.29 is 9.53 Å². The quantitative estimate of drug-likeness (QED) is 0.808. The molecule has 1 amide bonds. The Morgan fingerprint density at radius 2 is 1.83 bits per heavy atom. The highest BCUT2D eigenvalue weighted by molar-refractivity contribution is 5.81. The van der Waals surface area contributed by atoms with E-state index in [1.165, 1.54) is 5.56 Å². The van der Waals surface area contributed by atoms with Gasteiger partial charge in [-0.1, -0.05) is 50.2 Å². The number of carbonyl (C=O) groups is 1. The van der Waals surface area contributed by atoms with Crippen LogP contribution in [0.5, 0.6) is 5.75 Å². The first-order valence-electron chi connectivity index (χ1n) is 8.66. The summed E-state index contributed by atoms with van der Waals surface area (Å²) < 4.78 is 5.87. The highest BCUT2D eigenvalue weighted by Crippen LogP contribution is 2.17. The maximum absolute atomic E-state index is 12.5. The third-order valence-corrected chi connectivity index (χ3v) is 4.18. The third-order valence-electron chi connectivity index (χ3n) is 4.18. The number of amides is 1. The molecule has 0 aliphatic heterocycles. The average Bonchev–Trinajstić information content (AvgIpc) is 2.59. The van der Waals surface area contributed by atoms with Crippen LogP contribution in [-0.4, -0.2) is 12.0 Å². The van der Waals surface area contributed by atoms with Crippen molar-refractivity contribution >= 4 is 5.91 Å². The summed E-state index contributed by atoms with van der Waals surface area (Å²) >= 11 is 0. The number of nitrogens with one attached hydrogen (secondary N) is 1. The van der Waals surface area contributed by atoms with Crippen LogP contribution in [0.3, 0.4) is 0 Å². The van der Waals surface area contributed by atoms with Gasteiger partial charge in [0.25, 0.3) is 5.91 Å². The molecule has 0 bridgehead atoms. The molecular weight excluding hydrogens is 298 g/mol. The Labute approximate surface area is 145 Å². The Bertz CT molecular complexity index is 664. The minimum Gasteiger partial charge on any atom is -0.481 e. The number of hydrogen-bond acceptors (Lipinski definition) is 2. The lowest BCUT2D eigenvalue weighted by Crippen LogP contribution is -2.39. The second-order valence-corrected chi connectivity index (χ2v) is 6.16. The van der Waals surface area contributed by atoms with E-state index in [1.807, 2.05) is 45.0 Å². The molecule has 0 fully saturated rings. The molecule has 24 heavy (non-hydrogen) atoms. The molecule has 1 N–H and O–H groups in total. The Morgan fingerprint density at radius 3 is 2.42 bits per heavy atom. The van der Waals surface area contributed by atoms with Gasteiger partial charge in [-0.15, -0.1) is 0 Å². The molecule has 0 aromatic heterocycles. The van der Waals surface area contributed by atoms with Crippen molar-refractivity contribution in [1.82, 2.24) is 5.32 Å². The summed E-state index contributed by atoms with van der Waals surface area (Å²) in [6.07, 6.45) is 1.16. The van der Waals surface area contributed by atoms with Crippen LogP contribution in [0.1, 0.15) is 49.9 Å². The minimum absolute atomic E-state index is 0.0430. The van der Waals surface area contributed by atoms with E-state index in [1.54, 1.807) is 0 Å². The molecule has 0 heterocycles. The van der Waals surface area contributed by atoms with Gasteiger partial charge in [-0.05, 0) is 55.5 Å². The van der Waals surface area contributed by atoms with Gasteiger partial charge in [-0.2, -0.15) is 0 Å². The van der Waals surface area contributed by atoms with Crippen molar-refractivity contribution in [3.8, 4) is 5.75 Å². The normalized spacial score (nSPS) is 13.2. The van der Waals surface area contributed by atoms with E-state index in [4.69, 9.17) is 4.74 Å². The topological polar surface area (TPSA) is 38.3 Å². The van der Waals surface area contributed by atoms with E-state index < -0.39 is 6.10 Å². The number of aryl methyl sites for hydroxylation is 2. The lowest BCUT2D eigenvalue weighted by molar-refractivity contribution is -0.128. The molecule has 3 nitrogen and oxygen atoms in total. The number of carbonyl (C=O) groups excluding carboxylic acids is 1. The van der Waals surface area contributed by atoms with E-state index in [2.05, 4.69) is 36.5 Å². The molecule has 2 atom stereocenters. The van der Waals surface area contributed by atoms with Gasteiger partial charge < -0.3 is 10.1 Å². The van der Waals surface area contributed by atoms with Crippen LogP contribution < -0.4 is 10.1 Å². The smallest absolute Gasteiger partial charge is 0.261 e. The Balaban J connectivity index is 1.99. The maximum Gasteiger partial charge on any atom is 0.261 e. The molecule has 0 saturated carbocycles. The van der Waals surface area contributed by atoms with Crippen LogP contribution in [0.25, 0.3) is 0 Å². The van der Waals surface area contributed by atoms with Crippen molar-refractivity contribution in [1.29, 1.82) is 0 Å². The predicted molar refractivity (Wildman–Crippen MR) is 98.3 cm³/mol. The second kappa shape index (κ2) is 8.53. The largest absolute Gasteiger partial charge is 0.481 e. The summed E-state index contributed by atoms with van der Waals surface area (Å²) in [4.78, 5) is 12.5. The fourth-order valence-electron chi connectivity index (χ4n) is 2.61. The lowest BCUT2D eigenvalue weighted by Gasteiger charge is -2.21. The van der Waals surface area contributed by atoms with Crippen LogP contribution in [0, 0.1) is 6.92 Å². The molecule has 3 heteroatoms. The zero-order valence-corrected chi connectivity index (χ0v) is 15.0. The summed E-state index contributed by atoms with van der Waals surface area (Å²) in [5.74, 6) is 0.656. The number of hydrogen-bond donors (Lipinski definition) is 1. The van der Waals surface area contributed by atoms with E-state index in [0.29, 0.717) is 6.42 Å². The molecule has 2 unspecified atom stereocenters. The summed E-state index contributed by atoms with van der Waals surface area (Å²) in [5.41, 5.74) is 3.52. The van der Waals surface area contributed by atoms with Gasteiger partial charge in [0, 0.05) is 0 Å². The molecule has 128 valence electrons. The van der Waals surface area contributed by atoms with Crippen molar-refractivity contribution in [3.05, 3.63) is 65.2 Å². The summed E-state index contributed by atoms with van der Waals surface area (Å²) in [5, 5.41) is 3.06. The first-order valence-corrected chi connectivity index (χ1v) is 8.66. The van der Waals surface area contributed by atoms with Gasteiger partial charge in [0.1, 0.15) is 5.75 Å². The average molecular weight is 325 g/mol. The third kappa shape index (κ3) is 4.85. The van der Waals surface area contributed by atoms with E-state index in [-0.39, 0.29) is 11.9 Å². The van der Waals surface area contributed by atoms with Crippen LogP contribution >= 0.6 is 0 Å². The monoisotopic (exact) mass is 325 g/mol. The zero-order chi connectivity index (χ0) is 17.5.